The van der Waals surface area contributed by atoms with Gasteiger partial charge >= 0.3 is 0 Å². The number of ketones is 1. The SMILES string of the molecule is O=C(c1ccc(-c2ccccc2)cc1)c1cc([N+](=O)[O-])ccc1Cn1ccnc1. The molecule has 0 aliphatic carbocycles. The van der Waals surface area contributed by atoms with E-state index >= 15 is 0 Å². The number of benzene rings is 3. The minimum Gasteiger partial charge on any atom is -0.333 e. The van der Waals surface area contributed by atoms with Crippen molar-refractivity contribution in [1.82, 2.24) is 9.55 Å². The molecular weight excluding hydrogens is 366 g/mol. The van der Waals surface area contributed by atoms with Crippen molar-refractivity contribution in [1.29, 1.82) is 0 Å². The second-order valence-corrected chi connectivity index (χ2v) is 6.61. The standard InChI is InChI=1S/C23H17N3O3/c27-23(19-8-6-18(7-9-19)17-4-2-1-3-5-17)22-14-21(26(28)29)11-10-20(22)15-25-13-12-24-16-25/h1-14,16H,15H2. The number of carbonyl (C=O) groups is 1. The second-order valence-electron chi connectivity index (χ2n) is 6.61. The Kier molecular flexibility index (Phi) is 4.99. The molecule has 0 N–H and O–H groups in total. The lowest BCUT2D eigenvalue weighted by Gasteiger charge is -2.10. The molecule has 0 saturated heterocycles. The van der Waals surface area contributed by atoms with E-state index in [-0.39, 0.29) is 11.5 Å². The van der Waals surface area contributed by atoms with Crippen molar-refractivity contribution in [3.8, 4) is 11.1 Å². The Morgan fingerprint density at radius 1 is 0.966 bits per heavy atom. The summed E-state index contributed by atoms with van der Waals surface area (Å²) in [6.45, 7) is 0.404. The van der Waals surface area contributed by atoms with Gasteiger partial charge < -0.3 is 4.57 Å². The van der Waals surface area contributed by atoms with Crippen LogP contribution in [0.4, 0.5) is 5.69 Å². The van der Waals surface area contributed by atoms with E-state index in [1.165, 1.54) is 12.1 Å². The van der Waals surface area contributed by atoms with Crippen LogP contribution in [0.3, 0.4) is 0 Å². The van der Waals surface area contributed by atoms with Gasteiger partial charge in [-0.05, 0) is 22.8 Å². The molecular formula is C23H17N3O3. The van der Waals surface area contributed by atoms with Gasteiger partial charge in [-0.15, -0.1) is 0 Å². The highest BCUT2D eigenvalue weighted by atomic mass is 16.6. The fraction of sp³-hybridized carbons (Fsp3) is 0.0435. The minimum atomic E-state index is -0.490. The molecule has 6 nitrogen and oxygen atoms in total. The average molecular weight is 383 g/mol. The Balaban J connectivity index is 1.69. The maximum atomic E-state index is 13.2. The minimum absolute atomic E-state index is 0.108. The zero-order valence-electron chi connectivity index (χ0n) is 15.4. The molecule has 6 heteroatoms. The first kappa shape index (κ1) is 18.3. The molecule has 1 heterocycles. The van der Waals surface area contributed by atoms with Crippen LogP contribution in [0.5, 0.6) is 0 Å². The molecule has 0 radical (unpaired) electrons. The van der Waals surface area contributed by atoms with Gasteiger partial charge in [0.25, 0.3) is 5.69 Å². The number of non-ortho nitro benzene ring substituents is 1. The molecule has 0 amide bonds. The molecule has 4 aromatic rings. The van der Waals surface area contributed by atoms with E-state index in [0.717, 1.165) is 11.1 Å². The molecule has 0 atom stereocenters. The number of aromatic nitrogens is 2. The number of nitro groups is 1. The third-order valence-electron chi connectivity index (χ3n) is 4.72. The lowest BCUT2D eigenvalue weighted by Crippen LogP contribution is -2.09. The molecule has 0 fully saturated rings. The van der Waals surface area contributed by atoms with E-state index in [9.17, 15) is 14.9 Å². The van der Waals surface area contributed by atoms with Crippen LogP contribution in [-0.4, -0.2) is 20.3 Å². The Morgan fingerprint density at radius 3 is 2.34 bits per heavy atom. The highest BCUT2D eigenvalue weighted by Gasteiger charge is 2.18. The van der Waals surface area contributed by atoms with Crippen molar-refractivity contribution in [2.45, 2.75) is 6.54 Å². The van der Waals surface area contributed by atoms with E-state index in [1.54, 1.807) is 36.9 Å². The predicted octanol–water partition coefficient (Wildman–Crippen LogP) is 4.74. The van der Waals surface area contributed by atoms with Crippen molar-refractivity contribution in [3.63, 3.8) is 0 Å². The Bertz CT molecular complexity index is 1150. The molecule has 29 heavy (non-hydrogen) atoms. The van der Waals surface area contributed by atoms with E-state index in [2.05, 4.69) is 4.98 Å². The zero-order valence-corrected chi connectivity index (χ0v) is 15.4. The van der Waals surface area contributed by atoms with Crippen LogP contribution in [-0.2, 0) is 6.54 Å². The lowest BCUT2D eigenvalue weighted by molar-refractivity contribution is -0.384. The van der Waals surface area contributed by atoms with Gasteiger partial charge in [-0.2, -0.15) is 0 Å². The Labute approximate surface area is 167 Å². The summed E-state index contributed by atoms with van der Waals surface area (Å²) in [6, 6.07) is 21.5. The summed E-state index contributed by atoms with van der Waals surface area (Å²) >= 11 is 0. The molecule has 0 spiro atoms. The van der Waals surface area contributed by atoms with Crippen LogP contribution < -0.4 is 0 Å². The zero-order chi connectivity index (χ0) is 20.2. The van der Waals surface area contributed by atoms with Crippen LogP contribution in [0.15, 0.2) is 91.5 Å². The van der Waals surface area contributed by atoms with Gasteiger partial charge in [-0.25, -0.2) is 4.98 Å². The van der Waals surface area contributed by atoms with Gasteiger partial charge in [0, 0.05) is 42.2 Å². The second kappa shape index (κ2) is 7.90. The smallest absolute Gasteiger partial charge is 0.270 e. The maximum absolute atomic E-state index is 13.2. The van der Waals surface area contributed by atoms with Crippen molar-refractivity contribution >= 4 is 11.5 Å². The monoisotopic (exact) mass is 383 g/mol. The molecule has 0 aliphatic heterocycles. The molecule has 3 aromatic carbocycles. The largest absolute Gasteiger partial charge is 0.333 e. The lowest BCUT2D eigenvalue weighted by atomic mass is 9.96. The summed E-state index contributed by atoms with van der Waals surface area (Å²) in [5, 5.41) is 11.2. The van der Waals surface area contributed by atoms with Crippen LogP contribution in [0, 0.1) is 10.1 Å². The summed E-state index contributed by atoms with van der Waals surface area (Å²) in [7, 11) is 0. The van der Waals surface area contributed by atoms with Gasteiger partial charge in [-0.1, -0.05) is 54.6 Å². The summed E-state index contributed by atoms with van der Waals surface area (Å²) < 4.78 is 1.82. The van der Waals surface area contributed by atoms with Crippen LogP contribution in [0.2, 0.25) is 0 Å². The van der Waals surface area contributed by atoms with Gasteiger partial charge in [-0.3, -0.25) is 14.9 Å². The number of carbonyl (C=O) groups excluding carboxylic acids is 1. The van der Waals surface area contributed by atoms with Crippen molar-refractivity contribution < 1.29 is 9.72 Å². The van der Waals surface area contributed by atoms with Crippen molar-refractivity contribution in [2.75, 3.05) is 0 Å². The summed E-state index contributed by atoms with van der Waals surface area (Å²) in [5.41, 5.74) is 3.45. The molecule has 1 aromatic heterocycles. The van der Waals surface area contributed by atoms with E-state index in [0.29, 0.717) is 23.2 Å². The number of nitrogens with zero attached hydrogens (tertiary/aromatic N) is 3. The molecule has 0 unspecified atom stereocenters. The van der Waals surface area contributed by atoms with Crippen molar-refractivity contribution in [3.05, 3.63) is 118 Å². The fourth-order valence-electron chi connectivity index (χ4n) is 3.20. The number of hydrogen-bond donors (Lipinski definition) is 0. The molecule has 0 bridgehead atoms. The number of hydrogen-bond acceptors (Lipinski definition) is 4. The number of imidazole rings is 1. The van der Waals surface area contributed by atoms with E-state index in [1.807, 2.05) is 47.0 Å². The highest BCUT2D eigenvalue weighted by molar-refractivity contribution is 6.10. The quantitative estimate of drug-likeness (QED) is 0.274. The first-order chi connectivity index (χ1) is 14.1. The van der Waals surface area contributed by atoms with Gasteiger partial charge in [0.15, 0.2) is 5.78 Å². The van der Waals surface area contributed by atoms with Gasteiger partial charge in [0.1, 0.15) is 0 Å². The summed E-state index contributed by atoms with van der Waals surface area (Å²) in [6.07, 6.45) is 5.07. The topological polar surface area (TPSA) is 78.0 Å². The van der Waals surface area contributed by atoms with Gasteiger partial charge in [0.05, 0.1) is 11.3 Å². The fourth-order valence-corrected chi connectivity index (χ4v) is 3.20. The maximum Gasteiger partial charge on any atom is 0.270 e. The molecule has 0 saturated carbocycles. The third-order valence-corrected chi connectivity index (χ3v) is 4.72. The summed E-state index contributed by atoms with van der Waals surface area (Å²) in [4.78, 5) is 27.9. The number of nitro benzene ring substituents is 1. The van der Waals surface area contributed by atoms with Crippen LogP contribution >= 0.6 is 0 Å². The molecule has 0 aliphatic rings. The first-order valence-electron chi connectivity index (χ1n) is 9.05. The van der Waals surface area contributed by atoms with E-state index < -0.39 is 4.92 Å². The average Bonchev–Trinajstić information content (AvgIpc) is 3.27. The van der Waals surface area contributed by atoms with Crippen LogP contribution in [0.25, 0.3) is 11.1 Å². The Hall–Kier alpha value is -4.06. The number of rotatable bonds is 6. The summed E-state index contributed by atoms with van der Waals surface area (Å²) in [5.74, 6) is -0.247. The normalized spacial score (nSPS) is 10.6. The highest BCUT2D eigenvalue weighted by Crippen LogP contribution is 2.24. The predicted molar refractivity (Wildman–Crippen MR) is 110 cm³/mol. The van der Waals surface area contributed by atoms with E-state index in [4.69, 9.17) is 0 Å². The first-order valence-corrected chi connectivity index (χ1v) is 9.05. The van der Waals surface area contributed by atoms with Crippen molar-refractivity contribution in [2.24, 2.45) is 0 Å². The Morgan fingerprint density at radius 2 is 1.69 bits per heavy atom. The van der Waals surface area contributed by atoms with Crippen LogP contribution in [0.1, 0.15) is 21.5 Å². The third kappa shape index (κ3) is 3.96. The van der Waals surface area contributed by atoms with Gasteiger partial charge in [0.2, 0.25) is 0 Å². The molecule has 4 rings (SSSR count). The molecule has 142 valence electrons.